The molecule has 0 fully saturated rings. The first-order valence-electron chi connectivity index (χ1n) is 11.1. The zero-order chi connectivity index (χ0) is 21.5. The lowest BCUT2D eigenvalue weighted by molar-refractivity contribution is 0.494. The van der Waals surface area contributed by atoms with Crippen LogP contribution in [-0.2, 0) is 0 Å². The minimum Gasteiger partial charge on any atom is -0.457 e. The molecular formula is C28H16BNO2S. The molecule has 4 heterocycles. The van der Waals surface area contributed by atoms with Gasteiger partial charge in [0.15, 0.2) is 0 Å². The van der Waals surface area contributed by atoms with Gasteiger partial charge in [-0.3, -0.25) is 4.90 Å². The number of benzene rings is 4. The van der Waals surface area contributed by atoms with E-state index in [1.807, 2.05) is 23.5 Å². The molecule has 5 heteroatoms. The summed E-state index contributed by atoms with van der Waals surface area (Å²) in [5.41, 5.74) is 5.52. The summed E-state index contributed by atoms with van der Waals surface area (Å²) < 4.78 is 15.7. The van der Waals surface area contributed by atoms with Crippen LogP contribution in [0.3, 0.4) is 0 Å². The van der Waals surface area contributed by atoms with Gasteiger partial charge in [0.1, 0.15) is 17.1 Å². The van der Waals surface area contributed by atoms with Gasteiger partial charge in [0, 0.05) is 37.1 Å². The first kappa shape index (κ1) is 17.6. The van der Waals surface area contributed by atoms with Crippen LogP contribution < -0.4 is 25.3 Å². The third-order valence-electron chi connectivity index (χ3n) is 6.74. The van der Waals surface area contributed by atoms with E-state index in [9.17, 15) is 0 Å². The number of hydrogen-bond donors (Lipinski definition) is 0. The number of hydrogen-bond acceptors (Lipinski definition) is 4. The number of ether oxygens (including phenoxy) is 1. The smallest absolute Gasteiger partial charge is 0.274 e. The summed E-state index contributed by atoms with van der Waals surface area (Å²) in [7, 11) is 0. The molecule has 6 aromatic rings. The van der Waals surface area contributed by atoms with E-state index in [1.165, 1.54) is 25.8 Å². The van der Waals surface area contributed by atoms with E-state index in [4.69, 9.17) is 9.15 Å². The van der Waals surface area contributed by atoms with Gasteiger partial charge in [-0.05, 0) is 47.9 Å². The summed E-state index contributed by atoms with van der Waals surface area (Å²) in [6.45, 7) is 0.0657. The van der Waals surface area contributed by atoms with Crippen LogP contribution in [-0.4, -0.2) is 6.71 Å². The third kappa shape index (κ3) is 2.25. The molecule has 0 aliphatic carbocycles. The Kier molecular flexibility index (Phi) is 3.36. The fourth-order valence-corrected chi connectivity index (χ4v) is 6.65. The van der Waals surface area contributed by atoms with Crippen molar-refractivity contribution in [3.05, 3.63) is 97.1 Å². The van der Waals surface area contributed by atoms with Gasteiger partial charge in [-0.1, -0.05) is 54.6 Å². The normalized spacial score (nSPS) is 13.6. The first-order valence-corrected chi connectivity index (χ1v) is 11.9. The highest BCUT2D eigenvalue weighted by Crippen LogP contribution is 2.45. The quantitative estimate of drug-likeness (QED) is 0.290. The van der Waals surface area contributed by atoms with Crippen LogP contribution in [0.1, 0.15) is 0 Å². The standard InChI is InChI=1S/C28H16BNO2S/c1-2-9-17(10-3-1)30-20-13-8-15-22-25(20)29(24-18-11-4-6-14-21(18)32-28(24)30)27-26(31-22)19-12-5-7-16-23(19)33-27/h1-16H. The van der Waals surface area contributed by atoms with Gasteiger partial charge in [-0.25, -0.2) is 0 Å². The summed E-state index contributed by atoms with van der Waals surface area (Å²) in [6, 6.07) is 33.7. The number of nitrogens with zero attached hydrogens (tertiary/aromatic N) is 1. The molecule has 0 bridgehead atoms. The Morgan fingerprint density at radius 2 is 1.48 bits per heavy atom. The zero-order valence-corrected chi connectivity index (χ0v) is 18.3. The predicted molar refractivity (Wildman–Crippen MR) is 137 cm³/mol. The van der Waals surface area contributed by atoms with Crippen LogP contribution in [0.25, 0.3) is 21.1 Å². The predicted octanol–water partition coefficient (Wildman–Crippen LogP) is 6.05. The van der Waals surface area contributed by atoms with Crippen molar-refractivity contribution < 1.29 is 9.15 Å². The van der Waals surface area contributed by atoms with E-state index in [0.29, 0.717) is 0 Å². The van der Waals surface area contributed by atoms with Gasteiger partial charge >= 0.3 is 0 Å². The van der Waals surface area contributed by atoms with Crippen LogP contribution in [0.15, 0.2) is 101 Å². The van der Waals surface area contributed by atoms with Crippen molar-refractivity contribution in [1.29, 1.82) is 0 Å². The van der Waals surface area contributed by atoms with Crippen molar-refractivity contribution in [3.8, 4) is 11.5 Å². The second kappa shape index (κ2) is 6.30. The molecule has 3 nitrogen and oxygen atoms in total. The highest BCUT2D eigenvalue weighted by Gasteiger charge is 2.46. The Bertz CT molecular complexity index is 1720. The van der Waals surface area contributed by atoms with E-state index < -0.39 is 0 Å². The van der Waals surface area contributed by atoms with Crippen molar-refractivity contribution in [2.75, 3.05) is 4.90 Å². The summed E-state index contributed by atoms with van der Waals surface area (Å²) in [4.78, 5) is 2.24. The van der Waals surface area contributed by atoms with Crippen molar-refractivity contribution in [2.45, 2.75) is 0 Å². The van der Waals surface area contributed by atoms with Crippen molar-refractivity contribution in [3.63, 3.8) is 0 Å². The fraction of sp³-hybridized carbons (Fsp3) is 0. The fourth-order valence-electron chi connectivity index (χ4n) is 5.40. The third-order valence-corrected chi connectivity index (χ3v) is 7.96. The van der Waals surface area contributed by atoms with Gasteiger partial charge in [0.05, 0.1) is 0 Å². The van der Waals surface area contributed by atoms with Crippen molar-refractivity contribution in [1.82, 2.24) is 0 Å². The molecular weight excluding hydrogens is 425 g/mol. The molecule has 0 amide bonds. The molecule has 8 rings (SSSR count). The first-order chi connectivity index (χ1) is 16.4. The second-order valence-electron chi connectivity index (χ2n) is 8.50. The molecule has 0 saturated carbocycles. The molecule has 0 unspecified atom stereocenters. The Hall–Kier alpha value is -3.96. The lowest BCUT2D eigenvalue weighted by Gasteiger charge is -2.36. The lowest BCUT2D eigenvalue weighted by Crippen LogP contribution is -2.58. The maximum Gasteiger partial charge on any atom is 0.274 e. The summed E-state index contributed by atoms with van der Waals surface area (Å²) >= 11 is 1.83. The van der Waals surface area contributed by atoms with E-state index in [1.54, 1.807) is 0 Å². The summed E-state index contributed by atoms with van der Waals surface area (Å²) in [6.07, 6.45) is 0. The van der Waals surface area contributed by atoms with E-state index >= 15 is 0 Å². The van der Waals surface area contributed by atoms with Gasteiger partial charge in [-0.15, -0.1) is 11.3 Å². The highest BCUT2D eigenvalue weighted by molar-refractivity contribution is 7.33. The molecule has 2 aliphatic rings. The van der Waals surface area contributed by atoms with Crippen molar-refractivity contribution >= 4 is 72.1 Å². The summed E-state index contributed by atoms with van der Waals surface area (Å²) in [5, 5.41) is 2.33. The Morgan fingerprint density at radius 3 is 2.39 bits per heavy atom. The molecule has 33 heavy (non-hydrogen) atoms. The van der Waals surface area contributed by atoms with E-state index in [0.717, 1.165) is 39.7 Å². The number of para-hydroxylation sites is 2. The largest absolute Gasteiger partial charge is 0.457 e. The number of thiophene rings is 1. The summed E-state index contributed by atoms with van der Waals surface area (Å²) in [5.74, 6) is 2.79. The second-order valence-corrected chi connectivity index (χ2v) is 9.59. The van der Waals surface area contributed by atoms with Gasteiger partial charge in [-0.2, -0.15) is 0 Å². The van der Waals surface area contributed by atoms with Crippen LogP contribution in [0.4, 0.5) is 17.3 Å². The molecule has 4 aromatic carbocycles. The maximum atomic E-state index is 6.62. The number of rotatable bonds is 1. The minimum absolute atomic E-state index is 0.0657. The lowest BCUT2D eigenvalue weighted by atomic mass is 9.37. The van der Waals surface area contributed by atoms with Crippen LogP contribution in [0.2, 0.25) is 0 Å². The van der Waals surface area contributed by atoms with E-state index in [2.05, 4.69) is 89.8 Å². The van der Waals surface area contributed by atoms with Gasteiger partial charge in [0.2, 0.25) is 5.88 Å². The van der Waals surface area contributed by atoms with Crippen molar-refractivity contribution in [2.24, 2.45) is 0 Å². The SMILES string of the molecule is c1ccc(N2c3cccc4c3B(c3sc5ccccc5c3O4)c3c2oc2ccccc32)cc1. The minimum atomic E-state index is 0.0657. The average Bonchev–Trinajstić information content (AvgIpc) is 3.43. The average molecular weight is 441 g/mol. The molecule has 2 aromatic heterocycles. The molecule has 0 N–H and O–H groups in total. The van der Waals surface area contributed by atoms with Crippen LogP contribution >= 0.6 is 11.3 Å². The number of anilines is 3. The van der Waals surface area contributed by atoms with E-state index in [-0.39, 0.29) is 6.71 Å². The molecule has 2 aliphatic heterocycles. The topological polar surface area (TPSA) is 25.6 Å². The Balaban J connectivity index is 1.53. The molecule has 0 atom stereocenters. The zero-order valence-electron chi connectivity index (χ0n) is 17.5. The monoisotopic (exact) mass is 441 g/mol. The molecule has 0 radical (unpaired) electrons. The maximum absolute atomic E-state index is 6.62. The van der Waals surface area contributed by atoms with Gasteiger partial charge in [0.25, 0.3) is 6.71 Å². The molecule has 154 valence electrons. The molecule has 0 spiro atoms. The van der Waals surface area contributed by atoms with Crippen LogP contribution in [0, 0.1) is 0 Å². The highest BCUT2D eigenvalue weighted by atomic mass is 32.1. The Labute approximate surface area is 194 Å². The number of furan rings is 1. The molecule has 0 saturated heterocycles. The number of fused-ring (bicyclic) bond motifs is 8. The van der Waals surface area contributed by atoms with Crippen LogP contribution in [0.5, 0.6) is 11.5 Å². The Morgan fingerprint density at radius 1 is 0.697 bits per heavy atom. The van der Waals surface area contributed by atoms with Gasteiger partial charge < -0.3 is 9.15 Å².